The molecular formula is C38H36ClF6N9O2S. The van der Waals surface area contributed by atoms with Crippen LogP contribution >= 0.6 is 22.9 Å². The maximum Gasteiger partial charge on any atom is 0.417 e. The predicted molar refractivity (Wildman–Crippen MR) is 203 cm³/mol. The predicted octanol–water partition coefficient (Wildman–Crippen LogP) is 8.33. The molecule has 0 spiro atoms. The molecule has 19 heteroatoms. The number of likely N-dealkylation sites (N-methyl/N-ethyl adjacent to an activating group) is 1. The van der Waals surface area contributed by atoms with Gasteiger partial charge in [-0.2, -0.15) is 28.4 Å². The number of hydrogen-bond donors (Lipinski definition) is 1. The number of nitriles is 1. The van der Waals surface area contributed by atoms with E-state index in [-0.39, 0.29) is 75.8 Å². The lowest BCUT2D eigenvalue weighted by Crippen LogP contribution is -2.47. The maximum absolute atomic E-state index is 17.4. The molecule has 3 fully saturated rings. The Morgan fingerprint density at radius 1 is 1.23 bits per heavy atom. The van der Waals surface area contributed by atoms with E-state index in [1.807, 2.05) is 11.0 Å². The third kappa shape index (κ3) is 6.38. The van der Waals surface area contributed by atoms with Crippen molar-refractivity contribution >= 4 is 60.8 Å². The number of aryl methyl sites for hydroxylation is 1. The molecule has 8 rings (SSSR count). The summed E-state index contributed by atoms with van der Waals surface area (Å²) in [5, 5.41) is 9.20. The number of alkyl halides is 4. The zero-order valence-electron chi connectivity index (χ0n) is 30.9. The number of benzene rings is 2. The average molecular weight is 832 g/mol. The molecule has 3 aromatic heterocycles. The van der Waals surface area contributed by atoms with Gasteiger partial charge in [0.15, 0.2) is 5.82 Å². The van der Waals surface area contributed by atoms with E-state index in [1.165, 1.54) is 10.8 Å². The van der Waals surface area contributed by atoms with E-state index in [0.29, 0.717) is 36.4 Å². The number of rotatable bonds is 7. The number of halogens is 7. The molecule has 4 atom stereocenters. The van der Waals surface area contributed by atoms with Gasteiger partial charge in [0.05, 0.1) is 39.1 Å². The molecule has 6 heterocycles. The number of likely N-dealkylation sites (tertiary alicyclic amines) is 1. The zero-order chi connectivity index (χ0) is 40.7. The SMILES string of the molecule is CCN(c1nc(OC[C@@]23CCCN2C[C@H](F)C3)nc2c(F)c(-c3ccc(F)c4sc(N)c(C#N)c34)c(C(F)(F)F)cc12)[C@@H]1CCN(C(=O)n2cc(C)nc2Cl)[C@@H]1C. The number of thiophene rings is 1. The number of fused-ring (bicyclic) bond motifs is 3. The highest BCUT2D eigenvalue weighted by Gasteiger charge is 2.50. The number of imidazole rings is 1. The van der Waals surface area contributed by atoms with Crippen LogP contribution in [0.3, 0.4) is 0 Å². The third-order valence-electron chi connectivity index (χ3n) is 11.6. The molecule has 0 bridgehead atoms. The Hall–Kier alpha value is -4.86. The summed E-state index contributed by atoms with van der Waals surface area (Å²) in [4.78, 5) is 32.1. The van der Waals surface area contributed by atoms with Crippen molar-refractivity contribution < 1.29 is 35.9 Å². The van der Waals surface area contributed by atoms with Crippen LogP contribution in [0.4, 0.5) is 42.0 Å². The maximum atomic E-state index is 17.4. The summed E-state index contributed by atoms with van der Waals surface area (Å²) in [6, 6.07) is 2.62. The van der Waals surface area contributed by atoms with E-state index in [1.54, 1.807) is 30.6 Å². The van der Waals surface area contributed by atoms with E-state index in [0.717, 1.165) is 24.6 Å². The summed E-state index contributed by atoms with van der Waals surface area (Å²) in [5.74, 6) is -2.32. The number of hydrogen-bond acceptors (Lipinski definition) is 10. The second kappa shape index (κ2) is 14.2. The first-order chi connectivity index (χ1) is 27.1. The van der Waals surface area contributed by atoms with E-state index in [4.69, 9.17) is 22.1 Å². The number of nitrogens with two attached hydrogens (primary N) is 1. The van der Waals surface area contributed by atoms with Gasteiger partial charge in [-0.25, -0.2) is 27.5 Å². The second-order valence-electron chi connectivity index (χ2n) is 14.8. The van der Waals surface area contributed by atoms with Crippen LogP contribution in [0.15, 0.2) is 24.4 Å². The van der Waals surface area contributed by atoms with Crippen LogP contribution in [0.2, 0.25) is 5.28 Å². The zero-order valence-corrected chi connectivity index (χ0v) is 32.5. The summed E-state index contributed by atoms with van der Waals surface area (Å²) < 4.78 is 100. The molecule has 2 N–H and O–H groups in total. The van der Waals surface area contributed by atoms with Gasteiger partial charge in [0.2, 0.25) is 5.28 Å². The number of nitrogens with zero attached hydrogens (tertiary/aromatic N) is 8. The Balaban J connectivity index is 1.31. The van der Waals surface area contributed by atoms with Gasteiger partial charge in [-0.1, -0.05) is 6.07 Å². The minimum Gasteiger partial charge on any atom is -0.461 e. The van der Waals surface area contributed by atoms with Crippen LogP contribution in [0.5, 0.6) is 6.01 Å². The van der Waals surface area contributed by atoms with E-state index in [9.17, 15) is 14.4 Å². The van der Waals surface area contributed by atoms with Gasteiger partial charge < -0.3 is 20.3 Å². The Bertz CT molecular complexity index is 2490. The van der Waals surface area contributed by atoms with Gasteiger partial charge in [-0.05, 0) is 75.9 Å². The molecule has 0 aliphatic carbocycles. The van der Waals surface area contributed by atoms with Crippen molar-refractivity contribution in [2.24, 2.45) is 0 Å². The Morgan fingerprint density at radius 3 is 2.68 bits per heavy atom. The highest BCUT2D eigenvalue weighted by molar-refractivity contribution is 7.23. The van der Waals surface area contributed by atoms with Crippen molar-refractivity contribution in [3.05, 3.63) is 58.1 Å². The van der Waals surface area contributed by atoms with Gasteiger partial charge in [-0.3, -0.25) is 4.90 Å². The third-order valence-corrected chi connectivity index (χ3v) is 12.9. The summed E-state index contributed by atoms with van der Waals surface area (Å²) in [5.41, 5.74) is 2.29. The van der Waals surface area contributed by atoms with Crippen molar-refractivity contribution in [3.63, 3.8) is 0 Å². The number of ether oxygens (including phenoxy) is 1. The minimum atomic E-state index is -5.16. The van der Waals surface area contributed by atoms with Gasteiger partial charge in [0.1, 0.15) is 41.0 Å². The van der Waals surface area contributed by atoms with E-state index < -0.39 is 69.8 Å². The highest BCUT2D eigenvalue weighted by Crippen LogP contribution is 2.49. The molecule has 5 aromatic rings. The molecule has 57 heavy (non-hydrogen) atoms. The number of carbonyl (C=O) groups is 1. The molecule has 1 amide bonds. The smallest absolute Gasteiger partial charge is 0.417 e. The van der Waals surface area contributed by atoms with Crippen molar-refractivity contribution in [2.45, 2.75) is 76.4 Å². The molecular weight excluding hydrogens is 796 g/mol. The molecule has 3 aliphatic heterocycles. The minimum absolute atomic E-state index is 0.0258. The number of nitrogen functional groups attached to an aromatic ring is 1. The van der Waals surface area contributed by atoms with Crippen LogP contribution in [-0.2, 0) is 6.18 Å². The van der Waals surface area contributed by atoms with Crippen molar-refractivity contribution in [1.82, 2.24) is 29.3 Å². The highest BCUT2D eigenvalue weighted by atomic mass is 35.5. The fourth-order valence-electron chi connectivity index (χ4n) is 9.01. The van der Waals surface area contributed by atoms with E-state index >= 15 is 22.0 Å². The lowest BCUT2D eigenvalue weighted by Gasteiger charge is -2.35. The quantitative estimate of drug-likeness (QED) is 0.161. The Kier molecular flexibility index (Phi) is 9.72. The molecule has 2 aromatic carbocycles. The summed E-state index contributed by atoms with van der Waals surface area (Å²) in [6.07, 6.45) is -2.72. The van der Waals surface area contributed by atoms with Gasteiger partial charge in [0, 0.05) is 48.6 Å². The van der Waals surface area contributed by atoms with Crippen LogP contribution in [0.1, 0.15) is 56.4 Å². The largest absolute Gasteiger partial charge is 0.461 e. The summed E-state index contributed by atoms with van der Waals surface area (Å²) in [6.45, 7) is 6.50. The normalized spacial score (nSPS) is 22.5. The lowest BCUT2D eigenvalue weighted by atomic mass is 9.92. The van der Waals surface area contributed by atoms with Crippen LogP contribution in [-0.4, -0.2) is 91.9 Å². The monoisotopic (exact) mass is 831 g/mol. The standard InChI is InChI=1S/C38H36ClF6N9O2S/c1-4-52(26-8-11-53(19(26)3)36(55)54-15-18(2)48-34(54)39)33-22-12-24(38(43,44)45)28(21-6-7-25(41)31-27(21)23(14-46)32(47)57-31)29(42)30(22)49-35(50-33)56-17-37-9-5-10-51(37)16-20(40)13-37/h6-7,12,15,19-20,26H,4-5,8-11,13,16-17,47H2,1-3H3/t19-,20-,26-,37+/m1/s1. The molecule has 0 radical (unpaired) electrons. The molecule has 11 nitrogen and oxygen atoms in total. The Labute approximate surface area is 331 Å². The van der Waals surface area contributed by atoms with Crippen LogP contribution in [0, 0.1) is 29.9 Å². The van der Waals surface area contributed by atoms with Crippen LogP contribution < -0.4 is 15.4 Å². The molecule has 0 unspecified atom stereocenters. The fraction of sp³-hybridized carbons (Fsp3) is 0.447. The lowest BCUT2D eigenvalue weighted by molar-refractivity contribution is -0.137. The van der Waals surface area contributed by atoms with Crippen molar-refractivity contribution in [3.8, 4) is 23.2 Å². The van der Waals surface area contributed by atoms with E-state index in [2.05, 4.69) is 15.0 Å². The van der Waals surface area contributed by atoms with Crippen LogP contribution in [0.25, 0.3) is 32.1 Å². The second-order valence-corrected chi connectivity index (χ2v) is 16.2. The van der Waals surface area contributed by atoms with Gasteiger partial charge >= 0.3 is 18.2 Å². The topological polar surface area (TPSA) is 129 Å². The fourth-order valence-corrected chi connectivity index (χ4v) is 10.2. The number of aromatic nitrogens is 4. The van der Waals surface area contributed by atoms with Gasteiger partial charge in [0.25, 0.3) is 0 Å². The van der Waals surface area contributed by atoms with Gasteiger partial charge in [-0.15, -0.1) is 11.3 Å². The Morgan fingerprint density at radius 2 is 2.00 bits per heavy atom. The van der Waals surface area contributed by atoms with Crippen molar-refractivity contribution in [1.29, 1.82) is 5.26 Å². The number of carbonyl (C=O) groups excluding carboxylic acids is 1. The molecule has 300 valence electrons. The summed E-state index contributed by atoms with van der Waals surface area (Å²) >= 11 is 6.91. The molecule has 3 aliphatic rings. The first kappa shape index (κ1) is 39.0. The molecule has 3 saturated heterocycles. The summed E-state index contributed by atoms with van der Waals surface area (Å²) in [7, 11) is 0. The average Bonchev–Trinajstić information content (AvgIpc) is 3.96. The molecule has 0 saturated carbocycles. The number of anilines is 2. The number of amides is 1. The first-order valence-corrected chi connectivity index (χ1v) is 19.6. The van der Waals surface area contributed by atoms with Crippen molar-refractivity contribution in [2.75, 3.05) is 43.4 Å². The first-order valence-electron chi connectivity index (χ1n) is 18.4.